The summed E-state index contributed by atoms with van der Waals surface area (Å²) in [5, 5.41) is 9.41. The van der Waals surface area contributed by atoms with Crippen molar-refractivity contribution in [2.75, 3.05) is 49.2 Å². The van der Waals surface area contributed by atoms with Crippen LogP contribution < -0.4 is 9.80 Å². The summed E-state index contributed by atoms with van der Waals surface area (Å²) < 4.78 is 12.5. The fourth-order valence-corrected chi connectivity index (χ4v) is 7.03. The van der Waals surface area contributed by atoms with Crippen molar-refractivity contribution < 1.29 is 29.0 Å². The van der Waals surface area contributed by atoms with Gasteiger partial charge in [-0.2, -0.15) is 0 Å². The zero-order valence-electron chi connectivity index (χ0n) is 23.8. The summed E-state index contributed by atoms with van der Waals surface area (Å²) in [7, 11) is 0. The number of unbranched alkanes of at least 4 members (excludes halogenated alkanes) is 1. The molecule has 1 N–H and O–H groups in total. The zero-order valence-corrected chi connectivity index (χ0v) is 23.8. The molecule has 0 aromatic heterocycles. The summed E-state index contributed by atoms with van der Waals surface area (Å²) in [6.45, 7) is 8.77. The van der Waals surface area contributed by atoms with Crippen molar-refractivity contribution in [3.63, 3.8) is 0 Å². The van der Waals surface area contributed by atoms with E-state index < -0.39 is 35.0 Å². The Balaban J connectivity index is 1.58. The lowest BCUT2D eigenvalue weighted by atomic mass is 9.73. The Morgan fingerprint density at radius 1 is 0.975 bits per heavy atom. The second-order valence-electron chi connectivity index (χ2n) is 11.0. The van der Waals surface area contributed by atoms with Gasteiger partial charge in [-0.15, -0.1) is 0 Å². The van der Waals surface area contributed by atoms with Crippen molar-refractivity contribution in [3.8, 4) is 0 Å². The van der Waals surface area contributed by atoms with Crippen LogP contribution in [0, 0.1) is 11.8 Å². The lowest BCUT2D eigenvalue weighted by molar-refractivity contribution is -0.160. The molecule has 1 aromatic rings. The van der Waals surface area contributed by atoms with Crippen LogP contribution in [0.5, 0.6) is 0 Å². The fourth-order valence-electron chi connectivity index (χ4n) is 7.03. The Bertz CT molecular complexity index is 1180. The van der Waals surface area contributed by atoms with Crippen LogP contribution in [0.15, 0.2) is 48.6 Å². The molecule has 9 heteroatoms. The number of amides is 2. The highest BCUT2D eigenvalue weighted by Crippen LogP contribution is 2.58. The van der Waals surface area contributed by atoms with Crippen LogP contribution in [-0.4, -0.2) is 84.4 Å². The smallest absolute Gasteiger partial charge is 0.313 e. The molecule has 0 radical (unpaired) electrons. The monoisotopic (exact) mass is 551 g/mol. The molecule has 4 heterocycles. The first-order chi connectivity index (χ1) is 19.4. The number of aliphatic hydroxyl groups is 1. The minimum atomic E-state index is -1.31. The van der Waals surface area contributed by atoms with Crippen LogP contribution in [0.4, 0.5) is 11.4 Å². The van der Waals surface area contributed by atoms with Gasteiger partial charge in [-0.25, -0.2) is 0 Å². The third-order valence-corrected chi connectivity index (χ3v) is 9.00. The Labute approximate surface area is 236 Å². The number of fused-ring (bicyclic) bond motifs is 2. The van der Waals surface area contributed by atoms with Gasteiger partial charge in [0.1, 0.15) is 23.2 Å². The van der Waals surface area contributed by atoms with Crippen LogP contribution in [-0.2, 0) is 23.9 Å². The zero-order chi connectivity index (χ0) is 28.5. The second-order valence-corrected chi connectivity index (χ2v) is 11.0. The highest BCUT2D eigenvalue weighted by atomic mass is 16.6. The number of likely N-dealkylation sites (tertiary alicyclic amines) is 1. The summed E-state index contributed by atoms with van der Waals surface area (Å²) >= 11 is 0. The summed E-state index contributed by atoms with van der Waals surface area (Å²) in [5.41, 5.74) is -0.534. The van der Waals surface area contributed by atoms with Crippen molar-refractivity contribution in [1.82, 2.24) is 4.90 Å². The van der Waals surface area contributed by atoms with Gasteiger partial charge in [0.05, 0.1) is 12.5 Å². The van der Waals surface area contributed by atoms with E-state index in [0.29, 0.717) is 32.2 Å². The van der Waals surface area contributed by atoms with Gasteiger partial charge in [-0.05, 0) is 63.8 Å². The van der Waals surface area contributed by atoms with E-state index in [1.807, 2.05) is 55.5 Å². The number of cyclic esters (lactones) is 1. The molecular weight excluding hydrogens is 510 g/mol. The van der Waals surface area contributed by atoms with Crippen LogP contribution in [0.25, 0.3) is 0 Å². The summed E-state index contributed by atoms with van der Waals surface area (Å²) in [4.78, 5) is 47.7. The molecule has 2 saturated heterocycles. The molecular formula is C31H41N3O6. The maximum atomic E-state index is 14.5. The lowest BCUT2D eigenvalue weighted by Gasteiger charge is -2.38. The number of esters is 1. The highest BCUT2D eigenvalue weighted by molar-refractivity contribution is 6.05. The number of hydrogen-bond donors (Lipinski definition) is 1. The van der Waals surface area contributed by atoms with E-state index in [4.69, 9.17) is 9.47 Å². The van der Waals surface area contributed by atoms with E-state index in [1.54, 1.807) is 9.80 Å². The van der Waals surface area contributed by atoms with Crippen molar-refractivity contribution in [3.05, 3.63) is 48.6 Å². The summed E-state index contributed by atoms with van der Waals surface area (Å²) in [6, 6.07) is 6.98. The van der Waals surface area contributed by atoms with E-state index in [0.717, 1.165) is 24.5 Å². The quantitative estimate of drug-likeness (QED) is 0.286. The number of nitrogens with zero attached hydrogens (tertiary/aromatic N) is 3. The number of hydrogen-bond acceptors (Lipinski definition) is 7. The third kappa shape index (κ3) is 4.43. The molecule has 5 atom stereocenters. The van der Waals surface area contributed by atoms with Crippen LogP contribution in [0.3, 0.4) is 0 Å². The van der Waals surface area contributed by atoms with Crippen LogP contribution >= 0.6 is 0 Å². The normalized spacial score (nSPS) is 31.3. The van der Waals surface area contributed by atoms with Gasteiger partial charge in [0, 0.05) is 44.2 Å². The minimum absolute atomic E-state index is 0.00464. The number of carbonyl (C=O) groups excluding carboxylic acids is 3. The largest absolute Gasteiger partial charge is 0.465 e. The molecule has 5 rings (SSSR count). The SMILES string of the molecule is CCN(CC)c1ccc(N2CC=C[C@]34O[C@@]5(CC)C=CCCOC(=O)[C@H]5[C@H]3C(=O)N(CCCCO)C4C2=O)cc1. The summed E-state index contributed by atoms with van der Waals surface area (Å²) in [6.07, 6.45) is 9.68. The van der Waals surface area contributed by atoms with Crippen LogP contribution in [0.2, 0.25) is 0 Å². The van der Waals surface area contributed by atoms with Gasteiger partial charge in [0.2, 0.25) is 5.91 Å². The van der Waals surface area contributed by atoms with Gasteiger partial charge >= 0.3 is 5.97 Å². The topological polar surface area (TPSA) is 99.6 Å². The predicted molar refractivity (Wildman–Crippen MR) is 152 cm³/mol. The Hall–Kier alpha value is -3.17. The first kappa shape index (κ1) is 28.4. The molecule has 216 valence electrons. The van der Waals surface area contributed by atoms with E-state index in [1.165, 1.54) is 0 Å². The molecule has 9 nitrogen and oxygen atoms in total. The number of aliphatic hydroxyl groups excluding tert-OH is 1. The molecule has 1 unspecified atom stereocenters. The molecule has 4 aliphatic rings. The number of anilines is 2. The standard InChI is InChI=1S/C31H41N3O6/c1-4-30-16-7-10-21-39-29(38)25(30)24-27(36)34(18-8-9-20-35)26-28(37)33(19-11-17-31(24,26)40-30)23-14-12-22(13-15-23)32(5-2)6-3/h7,11-17,24-26,35H,4-6,8-10,18-21H2,1-3H3/t24-,25+,26?,30-,31-/m0/s1. The lowest BCUT2D eigenvalue weighted by Crippen LogP contribution is -2.56. The van der Waals surface area contributed by atoms with E-state index >= 15 is 0 Å². The number of rotatable bonds is 9. The maximum absolute atomic E-state index is 14.5. The molecule has 0 bridgehead atoms. The molecule has 1 aromatic carbocycles. The summed E-state index contributed by atoms with van der Waals surface area (Å²) in [5.74, 6) is -2.70. The van der Waals surface area contributed by atoms with Crippen molar-refractivity contribution in [2.45, 2.75) is 63.7 Å². The Kier molecular flexibility index (Phi) is 8.06. The molecule has 4 aliphatic heterocycles. The second kappa shape index (κ2) is 11.4. The average Bonchev–Trinajstić information content (AvgIpc) is 3.30. The first-order valence-electron chi connectivity index (χ1n) is 14.7. The van der Waals surface area contributed by atoms with E-state index in [-0.39, 0.29) is 31.6 Å². The van der Waals surface area contributed by atoms with Crippen molar-refractivity contribution in [2.24, 2.45) is 11.8 Å². The first-order valence-corrected chi connectivity index (χ1v) is 14.7. The van der Waals surface area contributed by atoms with Crippen molar-refractivity contribution >= 4 is 29.2 Å². The molecule has 2 amide bonds. The average molecular weight is 552 g/mol. The van der Waals surface area contributed by atoms with E-state index in [9.17, 15) is 19.5 Å². The van der Waals surface area contributed by atoms with E-state index in [2.05, 4.69) is 18.7 Å². The molecule has 0 saturated carbocycles. The van der Waals surface area contributed by atoms with Crippen LogP contribution in [0.1, 0.15) is 46.5 Å². The van der Waals surface area contributed by atoms with Gasteiger partial charge in [-0.1, -0.05) is 31.2 Å². The van der Waals surface area contributed by atoms with Crippen molar-refractivity contribution in [1.29, 1.82) is 0 Å². The predicted octanol–water partition coefficient (Wildman–Crippen LogP) is 3.07. The molecule has 40 heavy (non-hydrogen) atoms. The maximum Gasteiger partial charge on any atom is 0.313 e. The molecule has 1 spiro atoms. The Morgan fingerprint density at radius 2 is 1.73 bits per heavy atom. The van der Waals surface area contributed by atoms with Gasteiger partial charge in [0.25, 0.3) is 5.91 Å². The van der Waals surface area contributed by atoms with Gasteiger partial charge < -0.3 is 29.3 Å². The highest BCUT2D eigenvalue weighted by Gasteiger charge is 2.75. The minimum Gasteiger partial charge on any atom is -0.465 e. The van der Waals surface area contributed by atoms with Gasteiger partial charge in [0.15, 0.2) is 0 Å². The third-order valence-electron chi connectivity index (χ3n) is 9.00. The molecule has 0 aliphatic carbocycles. The number of carbonyl (C=O) groups is 3. The Morgan fingerprint density at radius 3 is 2.40 bits per heavy atom. The van der Waals surface area contributed by atoms with Gasteiger partial charge in [-0.3, -0.25) is 14.4 Å². The number of benzene rings is 1. The molecule has 2 fully saturated rings. The number of ether oxygens (including phenoxy) is 2. The fraction of sp³-hybridized carbons (Fsp3) is 0.581.